The predicted molar refractivity (Wildman–Crippen MR) is 57.1 cm³/mol. The SMILES string of the molecule is Cc1cccc(-c2c(CO)nnn2C)c1. The minimum atomic E-state index is -0.0862. The molecule has 2 rings (SSSR count). The zero-order valence-corrected chi connectivity index (χ0v) is 8.81. The molecule has 1 heterocycles. The summed E-state index contributed by atoms with van der Waals surface area (Å²) in [6.07, 6.45) is 0. The summed E-state index contributed by atoms with van der Waals surface area (Å²) in [5.74, 6) is 0. The second-order valence-electron chi connectivity index (χ2n) is 3.54. The van der Waals surface area contributed by atoms with Gasteiger partial charge in [-0.1, -0.05) is 29.0 Å². The lowest BCUT2D eigenvalue weighted by Gasteiger charge is -2.03. The fraction of sp³-hybridized carbons (Fsp3) is 0.273. The second kappa shape index (κ2) is 3.82. The summed E-state index contributed by atoms with van der Waals surface area (Å²) in [6, 6.07) is 8.06. The standard InChI is InChI=1S/C11H13N3O/c1-8-4-3-5-9(6-8)11-10(7-15)12-13-14(11)2/h3-6,15H,7H2,1-2H3. The Morgan fingerprint density at radius 1 is 1.40 bits per heavy atom. The highest BCUT2D eigenvalue weighted by molar-refractivity contribution is 5.62. The number of hydrogen-bond acceptors (Lipinski definition) is 3. The molecule has 0 aliphatic carbocycles. The van der Waals surface area contributed by atoms with Gasteiger partial charge in [0.15, 0.2) is 0 Å². The van der Waals surface area contributed by atoms with Gasteiger partial charge in [-0.05, 0) is 13.0 Å². The highest BCUT2D eigenvalue weighted by atomic mass is 16.3. The molecule has 0 unspecified atom stereocenters. The summed E-state index contributed by atoms with van der Waals surface area (Å²) in [7, 11) is 1.82. The van der Waals surface area contributed by atoms with E-state index in [4.69, 9.17) is 5.11 Å². The van der Waals surface area contributed by atoms with Gasteiger partial charge in [-0.2, -0.15) is 0 Å². The molecule has 0 saturated heterocycles. The number of aliphatic hydroxyl groups is 1. The van der Waals surface area contributed by atoms with Crippen LogP contribution in [0.25, 0.3) is 11.3 Å². The zero-order valence-electron chi connectivity index (χ0n) is 8.81. The smallest absolute Gasteiger partial charge is 0.116 e. The first-order chi connectivity index (χ1) is 7.22. The van der Waals surface area contributed by atoms with E-state index in [0.717, 1.165) is 11.3 Å². The van der Waals surface area contributed by atoms with Gasteiger partial charge >= 0.3 is 0 Å². The first-order valence-corrected chi connectivity index (χ1v) is 4.79. The van der Waals surface area contributed by atoms with Crippen molar-refractivity contribution in [3.63, 3.8) is 0 Å². The Labute approximate surface area is 88.2 Å². The third-order valence-electron chi connectivity index (χ3n) is 2.34. The van der Waals surface area contributed by atoms with Crippen LogP contribution < -0.4 is 0 Å². The monoisotopic (exact) mass is 203 g/mol. The molecule has 4 nitrogen and oxygen atoms in total. The number of nitrogens with zero attached hydrogens (tertiary/aromatic N) is 3. The van der Waals surface area contributed by atoms with Crippen molar-refractivity contribution in [1.29, 1.82) is 0 Å². The lowest BCUT2D eigenvalue weighted by molar-refractivity contribution is 0.277. The van der Waals surface area contributed by atoms with Gasteiger partial charge in [0.05, 0.1) is 12.3 Å². The maximum atomic E-state index is 9.15. The molecule has 15 heavy (non-hydrogen) atoms. The minimum absolute atomic E-state index is 0.0862. The Kier molecular flexibility index (Phi) is 2.51. The topological polar surface area (TPSA) is 50.9 Å². The van der Waals surface area contributed by atoms with Gasteiger partial charge in [-0.15, -0.1) is 5.10 Å². The molecule has 0 amide bonds. The molecule has 0 bridgehead atoms. The molecule has 1 aromatic carbocycles. The Morgan fingerprint density at radius 2 is 2.20 bits per heavy atom. The Bertz CT molecular complexity index is 476. The van der Waals surface area contributed by atoms with E-state index in [9.17, 15) is 0 Å². The van der Waals surface area contributed by atoms with E-state index in [-0.39, 0.29) is 6.61 Å². The number of benzene rings is 1. The highest BCUT2D eigenvalue weighted by Crippen LogP contribution is 2.22. The lowest BCUT2D eigenvalue weighted by atomic mass is 10.1. The normalized spacial score (nSPS) is 10.6. The number of rotatable bonds is 2. The van der Waals surface area contributed by atoms with Crippen LogP contribution in [0.2, 0.25) is 0 Å². The molecule has 0 aliphatic rings. The van der Waals surface area contributed by atoms with E-state index in [2.05, 4.69) is 16.4 Å². The molecule has 4 heteroatoms. The van der Waals surface area contributed by atoms with Crippen LogP contribution in [0, 0.1) is 6.92 Å². The maximum Gasteiger partial charge on any atom is 0.116 e. The molecule has 0 aliphatic heterocycles. The van der Waals surface area contributed by atoms with Crippen molar-refractivity contribution in [3.8, 4) is 11.3 Å². The zero-order chi connectivity index (χ0) is 10.8. The Hall–Kier alpha value is -1.68. The molecule has 0 radical (unpaired) electrons. The number of aliphatic hydroxyl groups excluding tert-OH is 1. The van der Waals surface area contributed by atoms with Crippen molar-refractivity contribution >= 4 is 0 Å². The maximum absolute atomic E-state index is 9.15. The van der Waals surface area contributed by atoms with Gasteiger partial charge in [0, 0.05) is 12.6 Å². The molecular weight excluding hydrogens is 190 g/mol. The van der Waals surface area contributed by atoms with Crippen molar-refractivity contribution in [2.24, 2.45) is 7.05 Å². The first-order valence-electron chi connectivity index (χ1n) is 4.79. The molecule has 0 fully saturated rings. The van der Waals surface area contributed by atoms with Crippen LogP contribution in [0.5, 0.6) is 0 Å². The van der Waals surface area contributed by atoms with Crippen LogP contribution in [0.1, 0.15) is 11.3 Å². The van der Waals surface area contributed by atoms with Crippen molar-refractivity contribution in [2.75, 3.05) is 0 Å². The average molecular weight is 203 g/mol. The van der Waals surface area contributed by atoms with E-state index >= 15 is 0 Å². The Balaban J connectivity index is 2.57. The minimum Gasteiger partial charge on any atom is -0.390 e. The summed E-state index contributed by atoms with van der Waals surface area (Å²) in [4.78, 5) is 0. The van der Waals surface area contributed by atoms with Gasteiger partial charge in [0.1, 0.15) is 5.69 Å². The lowest BCUT2D eigenvalue weighted by Crippen LogP contribution is -1.95. The fourth-order valence-electron chi connectivity index (χ4n) is 1.65. The largest absolute Gasteiger partial charge is 0.390 e. The summed E-state index contributed by atoms with van der Waals surface area (Å²) < 4.78 is 1.68. The van der Waals surface area contributed by atoms with Gasteiger partial charge in [-0.25, -0.2) is 4.68 Å². The van der Waals surface area contributed by atoms with Gasteiger partial charge < -0.3 is 5.11 Å². The summed E-state index contributed by atoms with van der Waals surface area (Å²) in [5.41, 5.74) is 3.70. The van der Waals surface area contributed by atoms with E-state index in [1.165, 1.54) is 5.56 Å². The van der Waals surface area contributed by atoms with Crippen molar-refractivity contribution in [3.05, 3.63) is 35.5 Å². The average Bonchev–Trinajstić information content (AvgIpc) is 2.59. The second-order valence-corrected chi connectivity index (χ2v) is 3.54. The van der Waals surface area contributed by atoms with Crippen LogP contribution in [-0.4, -0.2) is 20.1 Å². The van der Waals surface area contributed by atoms with Gasteiger partial charge in [0.2, 0.25) is 0 Å². The molecule has 78 valence electrons. The van der Waals surface area contributed by atoms with E-state index < -0.39 is 0 Å². The molecule has 0 spiro atoms. The number of hydrogen-bond donors (Lipinski definition) is 1. The first kappa shape index (κ1) is 9.86. The van der Waals surface area contributed by atoms with Crippen molar-refractivity contribution in [2.45, 2.75) is 13.5 Å². The summed E-state index contributed by atoms with van der Waals surface area (Å²) in [5, 5.41) is 16.9. The van der Waals surface area contributed by atoms with Crippen LogP contribution >= 0.6 is 0 Å². The van der Waals surface area contributed by atoms with E-state index in [1.807, 2.05) is 32.2 Å². The molecule has 0 atom stereocenters. The quantitative estimate of drug-likeness (QED) is 0.800. The van der Waals surface area contributed by atoms with Crippen LogP contribution in [0.4, 0.5) is 0 Å². The molecule has 1 aromatic heterocycles. The predicted octanol–water partition coefficient (Wildman–Crippen LogP) is 1.28. The molecule has 0 saturated carbocycles. The van der Waals surface area contributed by atoms with E-state index in [0.29, 0.717) is 5.69 Å². The Morgan fingerprint density at radius 3 is 2.87 bits per heavy atom. The van der Waals surface area contributed by atoms with Crippen LogP contribution in [-0.2, 0) is 13.7 Å². The molecule has 2 aromatic rings. The summed E-state index contributed by atoms with van der Waals surface area (Å²) in [6.45, 7) is 1.95. The van der Waals surface area contributed by atoms with Crippen molar-refractivity contribution < 1.29 is 5.11 Å². The number of aryl methyl sites for hydroxylation is 2. The summed E-state index contributed by atoms with van der Waals surface area (Å²) >= 11 is 0. The molecule has 1 N–H and O–H groups in total. The third-order valence-corrected chi connectivity index (χ3v) is 2.34. The van der Waals surface area contributed by atoms with E-state index in [1.54, 1.807) is 4.68 Å². The van der Waals surface area contributed by atoms with Crippen LogP contribution in [0.3, 0.4) is 0 Å². The highest BCUT2D eigenvalue weighted by Gasteiger charge is 2.11. The van der Waals surface area contributed by atoms with Gasteiger partial charge in [0.25, 0.3) is 0 Å². The van der Waals surface area contributed by atoms with Gasteiger partial charge in [-0.3, -0.25) is 0 Å². The fourth-order valence-corrected chi connectivity index (χ4v) is 1.65. The third kappa shape index (κ3) is 1.76. The number of aromatic nitrogens is 3. The van der Waals surface area contributed by atoms with Crippen molar-refractivity contribution in [1.82, 2.24) is 15.0 Å². The molecular formula is C11H13N3O. The van der Waals surface area contributed by atoms with Crippen LogP contribution in [0.15, 0.2) is 24.3 Å².